The Kier molecular flexibility index (Phi) is 4.86. The zero-order valence-corrected chi connectivity index (χ0v) is 14.7. The van der Waals surface area contributed by atoms with Crippen molar-refractivity contribution < 1.29 is 14.3 Å². The van der Waals surface area contributed by atoms with Crippen LogP contribution in [-0.2, 0) is 9.53 Å². The summed E-state index contributed by atoms with van der Waals surface area (Å²) in [6.45, 7) is 5.12. The smallest absolute Gasteiger partial charge is 0.259 e. The van der Waals surface area contributed by atoms with E-state index in [-0.39, 0.29) is 18.4 Å². The number of amides is 2. The second-order valence-corrected chi connectivity index (χ2v) is 6.73. The molecule has 2 amide bonds. The lowest BCUT2D eigenvalue weighted by atomic mass is 10.1. The van der Waals surface area contributed by atoms with Crippen LogP contribution in [0.15, 0.2) is 36.4 Å². The molecule has 136 valence electrons. The molecule has 1 saturated heterocycles. The Morgan fingerprint density at radius 3 is 2.69 bits per heavy atom. The predicted molar refractivity (Wildman–Crippen MR) is 101 cm³/mol. The number of nitrogens with zero attached hydrogens (tertiary/aromatic N) is 2. The Morgan fingerprint density at radius 1 is 1.12 bits per heavy atom. The third kappa shape index (κ3) is 3.30. The van der Waals surface area contributed by atoms with Gasteiger partial charge in [-0.1, -0.05) is 24.3 Å². The molecule has 0 aliphatic carbocycles. The van der Waals surface area contributed by atoms with Gasteiger partial charge in [-0.3, -0.25) is 19.4 Å². The normalized spacial score (nSPS) is 17.1. The predicted octanol–water partition coefficient (Wildman–Crippen LogP) is 1.64. The molecule has 0 radical (unpaired) electrons. The summed E-state index contributed by atoms with van der Waals surface area (Å²) >= 11 is 0. The van der Waals surface area contributed by atoms with E-state index < -0.39 is 0 Å². The molecule has 0 aromatic heterocycles. The number of carbonyl (C=O) groups is 2. The summed E-state index contributed by atoms with van der Waals surface area (Å²) in [6.07, 6.45) is 0.898. The number of carbonyl (C=O) groups excluding carboxylic acids is 2. The molecule has 2 aliphatic rings. The van der Waals surface area contributed by atoms with E-state index in [9.17, 15) is 9.59 Å². The molecule has 26 heavy (non-hydrogen) atoms. The molecule has 1 N–H and O–H groups in total. The standard InChI is InChI=1S/C20H23N3O3/c24-18(21-8-3-9-22-10-12-26-13-11-22)14-23-17-7-2-5-15-4-1-6-16(19(15)17)20(23)25/h1-2,4-7H,3,8-14H2,(H,21,24). The van der Waals surface area contributed by atoms with Crippen LogP contribution < -0.4 is 10.2 Å². The summed E-state index contributed by atoms with van der Waals surface area (Å²) in [5.41, 5.74) is 1.50. The first-order valence-corrected chi connectivity index (χ1v) is 9.14. The number of hydrogen-bond acceptors (Lipinski definition) is 4. The van der Waals surface area contributed by atoms with Crippen LogP contribution >= 0.6 is 0 Å². The monoisotopic (exact) mass is 353 g/mol. The molecule has 6 heteroatoms. The summed E-state index contributed by atoms with van der Waals surface area (Å²) in [7, 11) is 0. The van der Waals surface area contributed by atoms with Crippen LogP contribution in [-0.4, -0.2) is 62.7 Å². The van der Waals surface area contributed by atoms with Crippen LogP contribution in [0.25, 0.3) is 10.8 Å². The van der Waals surface area contributed by atoms with Gasteiger partial charge in [0.1, 0.15) is 6.54 Å². The minimum Gasteiger partial charge on any atom is -0.379 e. The first-order valence-electron chi connectivity index (χ1n) is 9.14. The molecule has 0 unspecified atom stereocenters. The Hall–Kier alpha value is -2.44. The van der Waals surface area contributed by atoms with Crippen LogP contribution in [0.3, 0.4) is 0 Å². The maximum Gasteiger partial charge on any atom is 0.259 e. The van der Waals surface area contributed by atoms with Gasteiger partial charge in [-0.05, 0) is 30.5 Å². The number of ether oxygens (including phenoxy) is 1. The Labute approximate surface area is 152 Å². The minimum atomic E-state index is -0.120. The summed E-state index contributed by atoms with van der Waals surface area (Å²) in [5.74, 6) is -0.217. The van der Waals surface area contributed by atoms with Crippen molar-refractivity contribution in [3.8, 4) is 0 Å². The molecule has 0 spiro atoms. The molecule has 0 atom stereocenters. The molecular formula is C20H23N3O3. The average molecular weight is 353 g/mol. The zero-order valence-electron chi connectivity index (χ0n) is 14.7. The van der Waals surface area contributed by atoms with E-state index in [0.717, 1.165) is 55.7 Å². The fraction of sp³-hybridized carbons (Fsp3) is 0.400. The lowest BCUT2D eigenvalue weighted by molar-refractivity contribution is -0.119. The highest BCUT2D eigenvalue weighted by Crippen LogP contribution is 2.36. The van der Waals surface area contributed by atoms with Crippen LogP contribution in [0.5, 0.6) is 0 Å². The van der Waals surface area contributed by atoms with Crippen molar-refractivity contribution >= 4 is 28.3 Å². The highest BCUT2D eigenvalue weighted by Gasteiger charge is 2.30. The van der Waals surface area contributed by atoms with Crippen molar-refractivity contribution in [3.05, 3.63) is 42.0 Å². The highest BCUT2D eigenvalue weighted by atomic mass is 16.5. The first kappa shape index (κ1) is 17.0. The summed E-state index contributed by atoms with van der Waals surface area (Å²) in [5, 5.41) is 4.91. The van der Waals surface area contributed by atoms with E-state index in [2.05, 4.69) is 10.2 Å². The van der Waals surface area contributed by atoms with E-state index in [1.54, 1.807) is 4.90 Å². The number of anilines is 1. The Balaban J connectivity index is 1.32. The largest absolute Gasteiger partial charge is 0.379 e. The van der Waals surface area contributed by atoms with Crippen LogP contribution in [0.2, 0.25) is 0 Å². The van der Waals surface area contributed by atoms with Gasteiger partial charge >= 0.3 is 0 Å². The van der Waals surface area contributed by atoms with Crippen LogP contribution in [0.4, 0.5) is 5.69 Å². The molecule has 0 saturated carbocycles. The summed E-state index contributed by atoms with van der Waals surface area (Å²) < 4.78 is 5.33. The number of hydrogen-bond donors (Lipinski definition) is 1. The fourth-order valence-corrected chi connectivity index (χ4v) is 3.69. The van der Waals surface area contributed by atoms with E-state index in [1.165, 1.54) is 0 Å². The van der Waals surface area contributed by atoms with Crippen molar-refractivity contribution in [2.24, 2.45) is 0 Å². The molecular weight excluding hydrogens is 330 g/mol. The Bertz CT molecular complexity index is 825. The molecule has 6 nitrogen and oxygen atoms in total. The number of rotatable bonds is 6. The van der Waals surface area contributed by atoms with Crippen molar-refractivity contribution in [3.63, 3.8) is 0 Å². The topological polar surface area (TPSA) is 61.9 Å². The third-order valence-corrected chi connectivity index (χ3v) is 5.03. The second-order valence-electron chi connectivity index (χ2n) is 6.73. The van der Waals surface area contributed by atoms with E-state index in [4.69, 9.17) is 4.74 Å². The third-order valence-electron chi connectivity index (χ3n) is 5.03. The van der Waals surface area contributed by atoms with Crippen molar-refractivity contribution in [2.75, 3.05) is 50.8 Å². The lowest BCUT2D eigenvalue weighted by Crippen LogP contribution is -2.41. The molecule has 0 bridgehead atoms. The molecule has 2 heterocycles. The van der Waals surface area contributed by atoms with Crippen LogP contribution in [0, 0.1) is 0 Å². The molecule has 2 aromatic carbocycles. The van der Waals surface area contributed by atoms with Gasteiger partial charge in [0.25, 0.3) is 5.91 Å². The highest BCUT2D eigenvalue weighted by molar-refractivity contribution is 6.26. The van der Waals surface area contributed by atoms with Gasteiger partial charge in [-0.2, -0.15) is 0 Å². The van der Waals surface area contributed by atoms with Crippen molar-refractivity contribution in [1.82, 2.24) is 10.2 Å². The number of benzene rings is 2. The molecule has 2 aromatic rings. The molecule has 2 aliphatic heterocycles. The fourth-order valence-electron chi connectivity index (χ4n) is 3.69. The SMILES string of the molecule is O=C(CN1C(=O)c2cccc3cccc1c23)NCCCN1CCOCC1. The van der Waals surface area contributed by atoms with Gasteiger partial charge in [-0.25, -0.2) is 0 Å². The summed E-state index contributed by atoms with van der Waals surface area (Å²) in [6, 6.07) is 11.5. The maximum absolute atomic E-state index is 12.7. The quantitative estimate of drug-likeness (QED) is 0.802. The van der Waals surface area contributed by atoms with Crippen molar-refractivity contribution in [1.29, 1.82) is 0 Å². The minimum absolute atomic E-state index is 0.0597. The number of nitrogens with one attached hydrogen (secondary N) is 1. The number of morpholine rings is 1. The molecule has 1 fully saturated rings. The first-order chi connectivity index (χ1) is 12.7. The van der Waals surface area contributed by atoms with Gasteiger partial charge in [0.2, 0.25) is 5.91 Å². The van der Waals surface area contributed by atoms with Crippen LogP contribution in [0.1, 0.15) is 16.8 Å². The lowest BCUT2D eigenvalue weighted by Gasteiger charge is -2.26. The van der Waals surface area contributed by atoms with Gasteiger partial charge in [-0.15, -0.1) is 0 Å². The van der Waals surface area contributed by atoms with Gasteiger partial charge < -0.3 is 10.1 Å². The van der Waals surface area contributed by atoms with E-state index in [0.29, 0.717) is 12.1 Å². The molecule has 4 rings (SSSR count). The van der Waals surface area contributed by atoms with E-state index >= 15 is 0 Å². The second kappa shape index (κ2) is 7.43. The van der Waals surface area contributed by atoms with Crippen molar-refractivity contribution in [2.45, 2.75) is 6.42 Å². The Morgan fingerprint density at radius 2 is 1.88 bits per heavy atom. The van der Waals surface area contributed by atoms with Gasteiger partial charge in [0.05, 0.1) is 18.9 Å². The maximum atomic E-state index is 12.7. The van der Waals surface area contributed by atoms with E-state index in [1.807, 2.05) is 36.4 Å². The van der Waals surface area contributed by atoms with Gasteiger partial charge in [0, 0.05) is 30.6 Å². The zero-order chi connectivity index (χ0) is 17.9. The van der Waals surface area contributed by atoms with Gasteiger partial charge in [0.15, 0.2) is 0 Å². The summed E-state index contributed by atoms with van der Waals surface area (Å²) in [4.78, 5) is 28.9. The average Bonchev–Trinajstić information content (AvgIpc) is 2.94.